The molecule has 0 aliphatic carbocycles. The van der Waals surface area contributed by atoms with Crippen molar-refractivity contribution in [1.82, 2.24) is 10.6 Å². The fourth-order valence-corrected chi connectivity index (χ4v) is 4.12. The third-order valence-corrected chi connectivity index (χ3v) is 5.86. The Bertz CT molecular complexity index is 1080. The molecule has 0 unspecified atom stereocenters. The van der Waals surface area contributed by atoms with Crippen LogP contribution in [0.25, 0.3) is 5.57 Å². The van der Waals surface area contributed by atoms with Gasteiger partial charge in [-0.1, -0.05) is 55.9 Å². The molecule has 1 aromatic carbocycles. The highest BCUT2D eigenvalue weighted by atomic mass is 16.5. The minimum absolute atomic E-state index is 0.0875. The number of hydrogen-bond acceptors (Lipinski definition) is 4. The Kier molecular flexibility index (Phi) is 11.3. The molecule has 0 spiro atoms. The molecule has 2 rings (SSSR count). The zero-order valence-electron chi connectivity index (χ0n) is 22.0. The van der Waals surface area contributed by atoms with Gasteiger partial charge in [-0.2, -0.15) is 0 Å². The van der Waals surface area contributed by atoms with E-state index in [4.69, 9.17) is 4.74 Å². The van der Waals surface area contributed by atoms with E-state index in [1.165, 1.54) is 12.5 Å². The van der Waals surface area contributed by atoms with Crippen molar-refractivity contribution >= 4 is 11.5 Å². The van der Waals surface area contributed by atoms with E-state index in [-0.39, 0.29) is 5.91 Å². The lowest BCUT2D eigenvalue weighted by molar-refractivity contribution is -0.118. The van der Waals surface area contributed by atoms with E-state index in [1.807, 2.05) is 57.3 Å². The van der Waals surface area contributed by atoms with Gasteiger partial charge in [0.15, 0.2) is 5.76 Å². The van der Waals surface area contributed by atoms with Gasteiger partial charge >= 0.3 is 0 Å². The minimum Gasteiger partial charge on any atom is -0.512 e. The maximum atomic E-state index is 11.7. The highest BCUT2D eigenvalue weighted by Crippen LogP contribution is 2.44. The van der Waals surface area contributed by atoms with Crippen LogP contribution in [0.2, 0.25) is 0 Å². The van der Waals surface area contributed by atoms with E-state index in [1.54, 1.807) is 0 Å². The lowest BCUT2D eigenvalue weighted by Crippen LogP contribution is -2.19. The third kappa shape index (κ3) is 7.59. The lowest BCUT2D eigenvalue weighted by Gasteiger charge is -2.28. The van der Waals surface area contributed by atoms with Crippen LogP contribution in [0, 0.1) is 0 Å². The van der Waals surface area contributed by atoms with Gasteiger partial charge in [0.1, 0.15) is 12.0 Å². The molecule has 0 radical (unpaired) electrons. The monoisotopic (exact) mass is 476 g/mol. The number of ether oxygens (including phenoxy) is 1. The topological polar surface area (TPSA) is 70.6 Å². The average molecular weight is 477 g/mol. The molecule has 188 valence electrons. The fourth-order valence-electron chi connectivity index (χ4n) is 4.12. The van der Waals surface area contributed by atoms with Gasteiger partial charge in [-0.15, -0.1) is 0 Å². The summed E-state index contributed by atoms with van der Waals surface area (Å²) < 4.78 is 6.19. The zero-order chi connectivity index (χ0) is 25.8. The Labute approximate surface area is 210 Å². The number of nitrogens with one attached hydrogen (secondary N) is 2. The second-order valence-corrected chi connectivity index (χ2v) is 8.58. The number of hydrogen-bond donors (Lipinski definition) is 3. The molecule has 1 amide bonds. The van der Waals surface area contributed by atoms with Crippen molar-refractivity contribution in [2.24, 2.45) is 0 Å². The van der Waals surface area contributed by atoms with Gasteiger partial charge in [-0.3, -0.25) is 4.79 Å². The van der Waals surface area contributed by atoms with Gasteiger partial charge in [0.2, 0.25) is 5.91 Å². The quantitative estimate of drug-likeness (QED) is 0.260. The fraction of sp³-hybridized carbons (Fsp3) is 0.367. The number of fused-ring (bicyclic) bond motifs is 1. The van der Waals surface area contributed by atoms with Crippen LogP contribution in [-0.2, 0) is 11.2 Å². The molecule has 35 heavy (non-hydrogen) atoms. The SMILES string of the molecule is C\C=C/C=C1C(=C\O)\Oc2cc(C/C(C)=C(/C=C\CC)NC(C)=O)ccc2C\1=C(/CC)CCNC. The van der Waals surface area contributed by atoms with Crippen LogP contribution in [0.1, 0.15) is 65.0 Å². The number of rotatable bonds is 10. The Hall–Kier alpha value is -3.31. The number of allylic oxidation sites excluding steroid dienone is 7. The van der Waals surface area contributed by atoms with E-state index < -0.39 is 0 Å². The first-order valence-corrected chi connectivity index (χ1v) is 12.4. The van der Waals surface area contributed by atoms with Crippen molar-refractivity contribution in [2.45, 2.75) is 60.3 Å². The molecule has 5 heteroatoms. The van der Waals surface area contributed by atoms with Crippen LogP contribution in [0.4, 0.5) is 0 Å². The molecule has 1 aliphatic heterocycles. The lowest BCUT2D eigenvalue weighted by atomic mass is 9.85. The van der Waals surface area contributed by atoms with Gasteiger partial charge in [-0.05, 0) is 82.0 Å². The molecule has 0 bridgehead atoms. The molecule has 0 fully saturated rings. The summed E-state index contributed by atoms with van der Waals surface area (Å²) >= 11 is 0. The third-order valence-electron chi connectivity index (χ3n) is 5.86. The molecule has 1 aliphatic rings. The smallest absolute Gasteiger partial charge is 0.221 e. The number of aliphatic hydroxyl groups is 1. The first-order chi connectivity index (χ1) is 16.9. The summed E-state index contributed by atoms with van der Waals surface area (Å²) in [5, 5.41) is 16.2. The molecule has 1 heterocycles. The van der Waals surface area contributed by atoms with Crippen molar-refractivity contribution < 1.29 is 14.6 Å². The number of carbonyl (C=O) groups is 1. The second kappa shape index (κ2) is 14.2. The van der Waals surface area contributed by atoms with Gasteiger partial charge in [0.05, 0.1) is 0 Å². The van der Waals surface area contributed by atoms with E-state index in [9.17, 15) is 9.90 Å². The number of benzene rings is 1. The predicted octanol–water partition coefficient (Wildman–Crippen LogP) is 6.67. The normalized spacial score (nSPS) is 18.1. The summed E-state index contributed by atoms with van der Waals surface area (Å²) in [7, 11) is 1.96. The van der Waals surface area contributed by atoms with Crippen molar-refractivity contribution in [3.63, 3.8) is 0 Å². The average Bonchev–Trinajstić information content (AvgIpc) is 2.85. The van der Waals surface area contributed by atoms with Crippen molar-refractivity contribution in [1.29, 1.82) is 0 Å². The maximum absolute atomic E-state index is 11.7. The molecular formula is C30H40N2O3. The summed E-state index contributed by atoms with van der Waals surface area (Å²) in [6.45, 7) is 10.6. The standard InChI is InChI=1S/C30H40N2O3/c1-7-10-12-25-29(20-33)35-28-19-23(18-21(4)27(13-11-8-2)32-22(5)34)14-15-26(28)30(25)24(9-3)16-17-31-6/h7,10-15,19-20,31,33H,8-9,16-18H2,1-6H3,(H,32,34)/b10-7-,13-11-,25-12+,27-21-,29-20-,30-24+. The molecule has 0 aromatic heterocycles. The van der Waals surface area contributed by atoms with Gasteiger partial charge < -0.3 is 20.5 Å². The molecule has 1 aromatic rings. The number of amides is 1. The molecule has 0 saturated carbocycles. The summed E-state index contributed by atoms with van der Waals surface area (Å²) in [5.74, 6) is 1.08. The number of carbonyl (C=O) groups excluding carboxylic acids is 1. The molecule has 0 saturated heterocycles. The minimum atomic E-state index is -0.0875. The van der Waals surface area contributed by atoms with E-state index in [2.05, 4.69) is 36.6 Å². The molecule has 5 nitrogen and oxygen atoms in total. The van der Waals surface area contributed by atoms with E-state index >= 15 is 0 Å². The van der Waals surface area contributed by atoms with Crippen LogP contribution >= 0.6 is 0 Å². The van der Waals surface area contributed by atoms with Crippen LogP contribution < -0.4 is 15.4 Å². The zero-order valence-corrected chi connectivity index (χ0v) is 22.0. The van der Waals surface area contributed by atoms with Crippen molar-refractivity contribution in [2.75, 3.05) is 13.6 Å². The highest BCUT2D eigenvalue weighted by molar-refractivity contribution is 5.90. The van der Waals surface area contributed by atoms with Crippen LogP contribution in [0.5, 0.6) is 5.75 Å². The van der Waals surface area contributed by atoms with Crippen molar-refractivity contribution in [3.8, 4) is 5.75 Å². The molecule has 0 atom stereocenters. The predicted molar refractivity (Wildman–Crippen MR) is 146 cm³/mol. The van der Waals surface area contributed by atoms with Crippen LogP contribution in [0.3, 0.4) is 0 Å². The van der Waals surface area contributed by atoms with Crippen LogP contribution in [0.15, 0.2) is 83.0 Å². The van der Waals surface area contributed by atoms with E-state index in [0.717, 1.165) is 71.4 Å². The Morgan fingerprint density at radius 2 is 1.97 bits per heavy atom. The van der Waals surface area contributed by atoms with Gasteiger partial charge in [0, 0.05) is 23.8 Å². The van der Waals surface area contributed by atoms with Gasteiger partial charge in [-0.25, -0.2) is 0 Å². The first-order valence-electron chi connectivity index (χ1n) is 12.4. The Morgan fingerprint density at radius 1 is 1.20 bits per heavy atom. The summed E-state index contributed by atoms with van der Waals surface area (Å²) in [6, 6.07) is 6.27. The maximum Gasteiger partial charge on any atom is 0.221 e. The van der Waals surface area contributed by atoms with Gasteiger partial charge in [0.25, 0.3) is 0 Å². The Morgan fingerprint density at radius 3 is 2.57 bits per heavy atom. The number of aliphatic hydroxyl groups excluding tert-OH is 1. The Balaban J connectivity index is 2.61. The van der Waals surface area contributed by atoms with Crippen LogP contribution in [-0.4, -0.2) is 24.6 Å². The van der Waals surface area contributed by atoms with E-state index in [0.29, 0.717) is 12.2 Å². The summed E-state index contributed by atoms with van der Waals surface area (Å²) in [4.78, 5) is 11.7. The summed E-state index contributed by atoms with van der Waals surface area (Å²) in [5.41, 5.74) is 7.29. The second-order valence-electron chi connectivity index (χ2n) is 8.58. The first kappa shape index (κ1) is 27.9. The summed E-state index contributed by atoms with van der Waals surface area (Å²) in [6.07, 6.45) is 14.3. The largest absolute Gasteiger partial charge is 0.512 e. The van der Waals surface area contributed by atoms with Crippen molar-refractivity contribution in [3.05, 3.63) is 94.1 Å². The highest BCUT2D eigenvalue weighted by Gasteiger charge is 2.27. The molecular weight excluding hydrogens is 436 g/mol. The molecule has 3 N–H and O–H groups in total.